The van der Waals surface area contributed by atoms with Crippen molar-refractivity contribution in [3.8, 4) is 0 Å². The number of nitrogens with one attached hydrogen (secondary N) is 1. The summed E-state index contributed by atoms with van der Waals surface area (Å²) >= 11 is 0. The number of nitrogens with two attached hydrogens (primary N) is 1. The summed E-state index contributed by atoms with van der Waals surface area (Å²) in [7, 11) is 3.94. The minimum atomic E-state index is -0.756. The maximum absolute atomic E-state index is 12.1. The van der Waals surface area contributed by atoms with Crippen molar-refractivity contribution < 1.29 is 4.79 Å². The fourth-order valence-electron chi connectivity index (χ4n) is 2.00. The van der Waals surface area contributed by atoms with Gasteiger partial charge >= 0.3 is 0 Å². The van der Waals surface area contributed by atoms with Gasteiger partial charge in [0.1, 0.15) is 0 Å². The van der Waals surface area contributed by atoms with Crippen LogP contribution in [-0.2, 0) is 4.79 Å². The van der Waals surface area contributed by atoms with Gasteiger partial charge < -0.3 is 16.0 Å². The Morgan fingerprint density at radius 2 is 2.11 bits per heavy atom. The van der Waals surface area contributed by atoms with Gasteiger partial charge in [-0.1, -0.05) is 6.07 Å². The van der Waals surface area contributed by atoms with E-state index >= 15 is 0 Å². The van der Waals surface area contributed by atoms with Crippen molar-refractivity contribution in [2.45, 2.75) is 25.3 Å². The van der Waals surface area contributed by atoms with Gasteiger partial charge in [-0.2, -0.15) is 0 Å². The molecule has 1 fully saturated rings. The first-order valence-electron chi connectivity index (χ1n) is 6.29. The summed E-state index contributed by atoms with van der Waals surface area (Å²) in [5, 5.41) is 2.91. The van der Waals surface area contributed by atoms with Crippen LogP contribution in [0.4, 0.5) is 11.4 Å². The van der Waals surface area contributed by atoms with E-state index in [-0.39, 0.29) is 5.91 Å². The minimum Gasteiger partial charge on any atom is -0.378 e. The molecule has 0 bridgehead atoms. The van der Waals surface area contributed by atoms with Crippen molar-refractivity contribution in [3.05, 3.63) is 24.3 Å². The average Bonchev–Trinajstić information content (AvgIpc) is 3.13. The fourth-order valence-corrected chi connectivity index (χ4v) is 2.00. The Kier molecular flexibility index (Phi) is 3.30. The number of carbonyl (C=O) groups excluding carboxylic acids is 1. The Morgan fingerprint density at radius 3 is 2.67 bits per heavy atom. The lowest BCUT2D eigenvalue weighted by atomic mass is 9.96. The van der Waals surface area contributed by atoms with E-state index in [0.29, 0.717) is 5.92 Å². The van der Waals surface area contributed by atoms with E-state index in [1.165, 1.54) is 0 Å². The number of benzene rings is 1. The Hall–Kier alpha value is -1.55. The minimum absolute atomic E-state index is 0.0964. The van der Waals surface area contributed by atoms with E-state index in [2.05, 4.69) is 5.32 Å². The highest BCUT2D eigenvalue weighted by molar-refractivity contribution is 5.98. The molecule has 3 N–H and O–H groups in total. The summed E-state index contributed by atoms with van der Waals surface area (Å²) in [6, 6.07) is 7.75. The molecule has 4 nitrogen and oxygen atoms in total. The van der Waals surface area contributed by atoms with Crippen molar-refractivity contribution in [3.63, 3.8) is 0 Å². The molecule has 1 aromatic rings. The number of anilines is 2. The maximum atomic E-state index is 12.1. The molecule has 0 heterocycles. The first-order valence-corrected chi connectivity index (χ1v) is 6.29. The standard InChI is InChI=1S/C14H21N3O/c1-14(15,10-7-8-10)13(18)16-11-5-4-6-12(9-11)17(2)3/h4-6,9-10H,7-8,15H2,1-3H3,(H,16,18). The first-order chi connectivity index (χ1) is 8.41. The first kappa shape index (κ1) is 12.9. The van der Waals surface area contributed by atoms with E-state index in [9.17, 15) is 4.79 Å². The Balaban J connectivity index is 2.09. The molecule has 1 aliphatic carbocycles. The van der Waals surface area contributed by atoms with Crippen molar-refractivity contribution in [1.29, 1.82) is 0 Å². The lowest BCUT2D eigenvalue weighted by molar-refractivity contribution is -0.121. The highest BCUT2D eigenvalue weighted by atomic mass is 16.2. The van der Waals surface area contributed by atoms with Crippen LogP contribution in [0.2, 0.25) is 0 Å². The molecule has 0 aliphatic heterocycles. The third-order valence-corrected chi connectivity index (χ3v) is 3.54. The molecule has 0 spiro atoms. The summed E-state index contributed by atoms with van der Waals surface area (Å²) in [6.45, 7) is 1.82. The summed E-state index contributed by atoms with van der Waals surface area (Å²) in [6.07, 6.45) is 2.11. The SMILES string of the molecule is CN(C)c1cccc(NC(=O)C(C)(N)C2CC2)c1. The zero-order chi connectivity index (χ0) is 13.3. The van der Waals surface area contributed by atoms with E-state index in [4.69, 9.17) is 5.73 Å². The van der Waals surface area contributed by atoms with Gasteiger partial charge in [0, 0.05) is 25.5 Å². The number of hydrogen-bond acceptors (Lipinski definition) is 3. The third kappa shape index (κ3) is 2.64. The van der Waals surface area contributed by atoms with Crippen LogP contribution in [0.15, 0.2) is 24.3 Å². The smallest absolute Gasteiger partial charge is 0.244 e. The van der Waals surface area contributed by atoms with E-state index < -0.39 is 5.54 Å². The molecular formula is C14H21N3O. The molecule has 2 rings (SSSR count). The zero-order valence-electron chi connectivity index (χ0n) is 11.2. The molecule has 98 valence electrons. The molecule has 0 saturated heterocycles. The number of rotatable bonds is 4. The predicted molar refractivity (Wildman–Crippen MR) is 74.7 cm³/mol. The zero-order valence-corrected chi connectivity index (χ0v) is 11.2. The van der Waals surface area contributed by atoms with Gasteiger partial charge in [0.15, 0.2) is 0 Å². The lowest BCUT2D eigenvalue weighted by Crippen LogP contribution is -2.50. The van der Waals surface area contributed by atoms with E-state index in [1.807, 2.05) is 50.2 Å². The largest absolute Gasteiger partial charge is 0.378 e. The summed E-state index contributed by atoms with van der Waals surface area (Å²) in [4.78, 5) is 14.1. The summed E-state index contributed by atoms with van der Waals surface area (Å²) < 4.78 is 0. The molecule has 1 aromatic carbocycles. The van der Waals surface area contributed by atoms with Gasteiger partial charge in [-0.15, -0.1) is 0 Å². The molecule has 18 heavy (non-hydrogen) atoms. The lowest BCUT2D eigenvalue weighted by Gasteiger charge is -2.23. The van der Waals surface area contributed by atoms with Gasteiger partial charge in [0.2, 0.25) is 5.91 Å². The van der Waals surface area contributed by atoms with Crippen LogP contribution in [0.25, 0.3) is 0 Å². The molecular weight excluding hydrogens is 226 g/mol. The number of amides is 1. The highest BCUT2D eigenvalue weighted by Crippen LogP contribution is 2.38. The summed E-state index contributed by atoms with van der Waals surface area (Å²) in [5.41, 5.74) is 7.18. The van der Waals surface area contributed by atoms with Crippen LogP contribution >= 0.6 is 0 Å². The van der Waals surface area contributed by atoms with Crippen molar-refractivity contribution in [2.24, 2.45) is 11.7 Å². The topological polar surface area (TPSA) is 58.4 Å². The normalized spacial score (nSPS) is 18.0. The second-order valence-corrected chi connectivity index (χ2v) is 5.46. The van der Waals surface area contributed by atoms with Crippen molar-refractivity contribution in [1.82, 2.24) is 0 Å². The predicted octanol–water partition coefficient (Wildman–Crippen LogP) is 1.82. The second kappa shape index (κ2) is 4.61. The highest BCUT2D eigenvalue weighted by Gasteiger charge is 2.44. The number of hydrogen-bond donors (Lipinski definition) is 2. The van der Waals surface area contributed by atoms with Gasteiger partial charge in [0.05, 0.1) is 5.54 Å². The van der Waals surface area contributed by atoms with Crippen LogP contribution in [0, 0.1) is 5.92 Å². The maximum Gasteiger partial charge on any atom is 0.244 e. The van der Waals surface area contributed by atoms with Crippen molar-refractivity contribution >= 4 is 17.3 Å². The van der Waals surface area contributed by atoms with Crippen LogP contribution in [0.5, 0.6) is 0 Å². The van der Waals surface area contributed by atoms with E-state index in [1.54, 1.807) is 0 Å². The molecule has 1 atom stereocenters. The van der Waals surface area contributed by atoms with Crippen LogP contribution in [0.1, 0.15) is 19.8 Å². The van der Waals surface area contributed by atoms with Crippen LogP contribution < -0.4 is 16.0 Å². The second-order valence-electron chi connectivity index (χ2n) is 5.46. The average molecular weight is 247 g/mol. The molecule has 0 aromatic heterocycles. The van der Waals surface area contributed by atoms with Gasteiger partial charge in [0.25, 0.3) is 0 Å². The molecule has 1 aliphatic rings. The fraction of sp³-hybridized carbons (Fsp3) is 0.500. The van der Waals surface area contributed by atoms with Gasteiger partial charge in [-0.3, -0.25) is 4.79 Å². The Bertz CT molecular complexity index is 450. The molecule has 1 unspecified atom stereocenters. The summed E-state index contributed by atoms with van der Waals surface area (Å²) in [5.74, 6) is 0.232. The molecule has 1 amide bonds. The number of nitrogens with zero attached hydrogens (tertiary/aromatic N) is 1. The molecule has 4 heteroatoms. The molecule has 0 radical (unpaired) electrons. The van der Waals surface area contributed by atoms with Crippen molar-refractivity contribution in [2.75, 3.05) is 24.3 Å². The van der Waals surface area contributed by atoms with Gasteiger partial charge in [-0.05, 0) is 43.9 Å². The van der Waals surface area contributed by atoms with E-state index in [0.717, 1.165) is 24.2 Å². The Labute approximate surface area is 108 Å². The third-order valence-electron chi connectivity index (χ3n) is 3.54. The Morgan fingerprint density at radius 1 is 1.44 bits per heavy atom. The number of carbonyl (C=O) groups is 1. The molecule has 1 saturated carbocycles. The monoisotopic (exact) mass is 247 g/mol. The quantitative estimate of drug-likeness (QED) is 0.853. The van der Waals surface area contributed by atoms with Gasteiger partial charge in [-0.25, -0.2) is 0 Å². The van der Waals surface area contributed by atoms with Crippen LogP contribution in [0.3, 0.4) is 0 Å². The van der Waals surface area contributed by atoms with Crippen LogP contribution in [-0.4, -0.2) is 25.5 Å².